The number of benzene rings is 2. The molecule has 1 fully saturated rings. The van der Waals surface area contributed by atoms with Gasteiger partial charge in [-0.25, -0.2) is 4.98 Å². The van der Waals surface area contributed by atoms with Crippen LogP contribution < -0.4 is 15.5 Å². The standard InChI is InChI=1S/C24H26N4O2S/c1-17(26-23(30)21-16-25-24(31-21)18-8-3-2-4-9-18)14-22(29)27-19-10-7-11-20(15-19)28-12-5-6-13-28/h2-4,7-11,15-17H,5-6,12-14H2,1H3,(H,26,30)(H,27,29). The van der Waals surface area contributed by atoms with Crippen LogP contribution in [0.25, 0.3) is 10.6 Å². The molecule has 1 atom stereocenters. The van der Waals surface area contributed by atoms with Crippen molar-refractivity contribution in [3.8, 4) is 10.6 Å². The van der Waals surface area contributed by atoms with Gasteiger partial charge in [0.05, 0.1) is 6.20 Å². The topological polar surface area (TPSA) is 74.3 Å². The van der Waals surface area contributed by atoms with Crippen molar-refractivity contribution >= 4 is 34.5 Å². The van der Waals surface area contributed by atoms with Crippen LogP contribution in [-0.4, -0.2) is 35.9 Å². The first kappa shape index (κ1) is 21.1. The highest BCUT2D eigenvalue weighted by atomic mass is 32.1. The van der Waals surface area contributed by atoms with Crippen LogP contribution in [0.3, 0.4) is 0 Å². The van der Waals surface area contributed by atoms with Crippen molar-refractivity contribution in [2.75, 3.05) is 23.3 Å². The Morgan fingerprint density at radius 2 is 1.87 bits per heavy atom. The molecule has 0 bridgehead atoms. The number of amides is 2. The van der Waals surface area contributed by atoms with Crippen molar-refractivity contribution in [1.82, 2.24) is 10.3 Å². The quantitative estimate of drug-likeness (QED) is 0.572. The van der Waals surface area contributed by atoms with Crippen molar-refractivity contribution in [3.05, 3.63) is 65.7 Å². The maximum Gasteiger partial charge on any atom is 0.263 e. The summed E-state index contributed by atoms with van der Waals surface area (Å²) in [7, 11) is 0. The number of anilines is 2. The Morgan fingerprint density at radius 3 is 2.65 bits per heavy atom. The molecule has 1 unspecified atom stereocenters. The molecule has 1 aliphatic heterocycles. The number of nitrogens with one attached hydrogen (secondary N) is 2. The van der Waals surface area contributed by atoms with Crippen LogP contribution in [0.4, 0.5) is 11.4 Å². The number of hydrogen-bond donors (Lipinski definition) is 2. The lowest BCUT2D eigenvalue weighted by atomic mass is 10.2. The minimum Gasteiger partial charge on any atom is -0.371 e. The molecule has 31 heavy (non-hydrogen) atoms. The number of rotatable bonds is 7. The molecule has 0 radical (unpaired) electrons. The molecule has 2 heterocycles. The van der Waals surface area contributed by atoms with Crippen LogP contribution in [-0.2, 0) is 4.79 Å². The molecule has 1 aromatic heterocycles. The summed E-state index contributed by atoms with van der Waals surface area (Å²) in [6.07, 6.45) is 4.20. The fourth-order valence-electron chi connectivity index (χ4n) is 3.69. The Balaban J connectivity index is 1.30. The Hall–Kier alpha value is -3.19. The molecule has 2 aromatic carbocycles. The maximum absolute atomic E-state index is 12.6. The Labute approximate surface area is 186 Å². The highest BCUT2D eigenvalue weighted by molar-refractivity contribution is 7.16. The molecular weight excluding hydrogens is 408 g/mol. The average molecular weight is 435 g/mol. The van der Waals surface area contributed by atoms with Crippen LogP contribution in [0, 0.1) is 0 Å². The first-order chi connectivity index (χ1) is 15.1. The van der Waals surface area contributed by atoms with Gasteiger partial charge in [0.1, 0.15) is 9.88 Å². The van der Waals surface area contributed by atoms with Crippen LogP contribution in [0.5, 0.6) is 0 Å². The fourth-order valence-corrected chi connectivity index (χ4v) is 4.51. The highest BCUT2D eigenvalue weighted by Crippen LogP contribution is 2.25. The van der Waals surface area contributed by atoms with E-state index in [2.05, 4.69) is 26.6 Å². The Kier molecular flexibility index (Phi) is 6.62. The van der Waals surface area contributed by atoms with Crippen LogP contribution in [0.15, 0.2) is 60.8 Å². The van der Waals surface area contributed by atoms with E-state index in [1.54, 1.807) is 6.20 Å². The lowest BCUT2D eigenvalue weighted by Gasteiger charge is -2.19. The molecule has 3 aromatic rings. The van der Waals surface area contributed by atoms with Crippen molar-refractivity contribution < 1.29 is 9.59 Å². The van der Waals surface area contributed by atoms with Gasteiger partial charge < -0.3 is 15.5 Å². The lowest BCUT2D eigenvalue weighted by molar-refractivity contribution is -0.116. The van der Waals surface area contributed by atoms with Crippen LogP contribution in [0.2, 0.25) is 0 Å². The first-order valence-corrected chi connectivity index (χ1v) is 11.4. The minimum absolute atomic E-state index is 0.124. The average Bonchev–Trinajstić information content (AvgIpc) is 3.47. The van der Waals surface area contributed by atoms with Gasteiger partial charge in [-0.15, -0.1) is 11.3 Å². The SMILES string of the molecule is CC(CC(=O)Nc1cccc(N2CCCC2)c1)NC(=O)c1cnc(-c2ccccc2)s1. The summed E-state index contributed by atoms with van der Waals surface area (Å²) in [4.78, 5) is 32.2. The molecule has 1 saturated heterocycles. The van der Waals surface area contributed by atoms with E-state index in [0.29, 0.717) is 4.88 Å². The summed E-state index contributed by atoms with van der Waals surface area (Å²) in [5, 5.41) is 6.64. The number of carbonyl (C=O) groups is 2. The molecule has 160 valence electrons. The largest absolute Gasteiger partial charge is 0.371 e. The monoisotopic (exact) mass is 434 g/mol. The maximum atomic E-state index is 12.6. The first-order valence-electron chi connectivity index (χ1n) is 10.6. The summed E-state index contributed by atoms with van der Waals surface area (Å²) in [6.45, 7) is 3.95. The second-order valence-electron chi connectivity index (χ2n) is 7.77. The number of carbonyl (C=O) groups excluding carboxylic acids is 2. The van der Waals surface area contributed by atoms with Crippen molar-refractivity contribution in [3.63, 3.8) is 0 Å². The van der Waals surface area contributed by atoms with Gasteiger partial charge >= 0.3 is 0 Å². The van der Waals surface area contributed by atoms with Crippen LogP contribution >= 0.6 is 11.3 Å². The van der Waals surface area contributed by atoms with Gasteiger partial charge in [0.2, 0.25) is 5.91 Å². The van der Waals surface area contributed by atoms with Gasteiger partial charge in [-0.2, -0.15) is 0 Å². The molecule has 7 heteroatoms. The zero-order valence-corrected chi connectivity index (χ0v) is 18.3. The predicted molar refractivity (Wildman–Crippen MR) is 126 cm³/mol. The molecule has 0 aliphatic carbocycles. The Morgan fingerprint density at radius 1 is 1.10 bits per heavy atom. The van der Waals surface area contributed by atoms with E-state index in [4.69, 9.17) is 0 Å². The number of thiazole rings is 1. The summed E-state index contributed by atoms with van der Waals surface area (Å²) < 4.78 is 0. The van der Waals surface area contributed by atoms with E-state index in [1.807, 2.05) is 55.5 Å². The minimum atomic E-state index is -0.295. The van der Waals surface area contributed by atoms with Crippen LogP contribution in [0.1, 0.15) is 35.9 Å². The zero-order chi connectivity index (χ0) is 21.6. The van der Waals surface area contributed by atoms with E-state index in [0.717, 1.165) is 35.0 Å². The summed E-state index contributed by atoms with van der Waals surface area (Å²) in [5.41, 5.74) is 2.90. The molecule has 4 rings (SSSR count). The van der Waals surface area contributed by atoms with E-state index in [1.165, 1.54) is 24.2 Å². The number of hydrogen-bond acceptors (Lipinski definition) is 5. The van der Waals surface area contributed by atoms with Gasteiger partial charge in [-0.1, -0.05) is 36.4 Å². The summed E-state index contributed by atoms with van der Waals surface area (Å²) in [5.74, 6) is -0.336. The third kappa shape index (κ3) is 5.49. The van der Waals surface area contributed by atoms with Gasteiger partial charge in [0, 0.05) is 42.5 Å². The second kappa shape index (κ2) is 9.75. The predicted octanol–water partition coefficient (Wildman–Crippen LogP) is 4.56. The van der Waals surface area contributed by atoms with Gasteiger partial charge in [0.15, 0.2) is 0 Å². The highest BCUT2D eigenvalue weighted by Gasteiger charge is 2.17. The summed E-state index contributed by atoms with van der Waals surface area (Å²) >= 11 is 1.34. The van der Waals surface area contributed by atoms with E-state index in [9.17, 15) is 9.59 Å². The van der Waals surface area contributed by atoms with Crippen molar-refractivity contribution in [2.24, 2.45) is 0 Å². The third-order valence-corrected chi connectivity index (χ3v) is 6.27. The third-order valence-electron chi connectivity index (χ3n) is 5.22. The van der Waals surface area contributed by atoms with Crippen molar-refractivity contribution in [1.29, 1.82) is 0 Å². The smallest absolute Gasteiger partial charge is 0.263 e. The number of nitrogens with zero attached hydrogens (tertiary/aromatic N) is 2. The van der Waals surface area contributed by atoms with Crippen molar-refractivity contribution in [2.45, 2.75) is 32.2 Å². The second-order valence-corrected chi connectivity index (χ2v) is 8.80. The molecule has 0 spiro atoms. The molecule has 0 saturated carbocycles. The molecule has 2 amide bonds. The van der Waals surface area contributed by atoms with Gasteiger partial charge in [-0.3, -0.25) is 9.59 Å². The van der Waals surface area contributed by atoms with E-state index >= 15 is 0 Å². The molecule has 2 N–H and O–H groups in total. The fraction of sp³-hybridized carbons (Fsp3) is 0.292. The van der Waals surface area contributed by atoms with E-state index < -0.39 is 0 Å². The molecule has 1 aliphatic rings. The van der Waals surface area contributed by atoms with Gasteiger partial charge in [-0.05, 0) is 38.0 Å². The Bertz CT molecular complexity index is 1040. The summed E-state index contributed by atoms with van der Waals surface area (Å²) in [6, 6.07) is 17.4. The normalized spacial score (nSPS) is 14.3. The molecule has 6 nitrogen and oxygen atoms in total. The zero-order valence-electron chi connectivity index (χ0n) is 17.5. The lowest BCUT2D eigenvalue weighted by Crippen LogP contribution is -2.35. The molecular formula is C24H26N4O2S. The number of aromatic nitrogens is 1. The van der Waals surface area contributed by atoms with Gasteiger partial charge in [0.25, 0.3) is 5.91 Å². The van der Waals surface area contributed by atoms with E-state index in [-0.39, 0.29) is 24.3 Å².